The molecule has 7 nitrogen and oxygen atoms in total. The first-order chi connectivity index (χ1) is 8.93. The Morgan fingerprint density at radius 1 is 1.37 bits per heavy atom. The van der Waals surface area contributed by atoms with Crippen LogP contribution in [-0.4, -0.2) is 27.9 Å². The monoisotopic (exact) mass is 266 g/mol. The normalized spacial score (nSPS) is 11.6. The number of carboxylic acid groups (broad SMARTS) is 1. The number of hydrogen-bond donors (Lipinski definition) is 2. The Morgan fingerprint density at radius 2 is 1.95 bits per heavy atom. The van der Waals surface area contributed by atoms with Crippen LogP contribution in [0.4, 0.5) is 5.69 Å². The number of hydrogen-bond acceptors (Lipinski definition) is 4. The largest absolute Gasteiger partial charge is 0.480 e. The Labute approximate surface area is 109 Å². The average Bonchev–Trinajstić information content (AvgIpc) is 2.38. The molecule has 2 N–H and O–H groups in total. The van der Waals surface area contributed by atoms with Crippen LogP contribution in [0, 0.1) is 10.1 Å². The van der Waals surface area contributed by atoms with Gasteiger partial charge in [0.25, 0.3) is 5.69 Å². The van der Waals surface area contributed by atoms with Gasteiger partial charge in [-0.15, -0.1) is 0 Å². The van der Waals surface area contributed by atoms with Crippen LogP contribution in [0.3, 0.4) is 0 Å². The van der Waals surface area contributed by atoms with Gasteiger partial charge < -0.3 is 10.4 Å². The summed E-state index contributed by atoms with van der Waals surface area (Å²) >= 11 is 0. The molecule has 102 valence electrons. The van der Waals surface area contributed by atoms with Crippen molar-refractivity contribution in [2.45, 2.75) is 25.8 Å². The number of benzene rings is 1. The number of rotatable bonds is 6. The molecule has 0 aliphatic carbocycles. The topological polar surface area (TPSA) is 110 Å². The Bertz CT molecular complexity index is 483. The van der Waals surface area contributed by atoms with E-state index in [-0.39, 0.29) is 24.4 Å². The highest BCUT2D eigenvalue weighted by atomic mass is 16.6. The molecule has 0 spiro atoms. The number of aliphatic carboxylic acids is 1. The summed E-state index contributed by atoms with van der Waals surface area (Å²) in [5.74, 6) is -1.49. The number of nitro groups is 1. The summed E-state index contributed by atoms with van der Waals surface area (Å²) in [7, 11) is 0. The second-order valence-electron chi connectivity index (χ2n) is 3.94. The molecule has 1 amide bonds. The van der Waals surface area contributed by atoms with E-state index >= 15 is 0 Å². The summed E-state index contributed by atoms with van der Waals surface area (Å²) < 4.78 is 0. The molecule has 0 saturated carbocycles. The summed E-state index contributed by atoms with van der Waals surface area (Å²) in [4.78, 5) is 32.2. The number of nitro benzene ring substituents is 1. The molecule has 0 fully saturated rings. The summed E-state index contributed by atoms with van der Waals surface area (Å²) in [6.45, 7) is 1.63. The molecule has 0 aliphatic heterocycles. The zero-order valence-electron chi connectivity index (χ0n) is 10.3. The van der Waals surface area contributed by atoms with Crippen molar-refractivity contribution in [1.29, 1.82) is 0 Å². The molecule has 1 unspecified atom stereocenters. The van der Waals surface area contributed by atoms with Crippen LogP contribution in [0.2, 0.25) is 0 Å². The van der Waals surface area contributed by atoms with E-state index in [9.17, 15) is 19.7 Å². The number of carbonyl (C=O) groups excluding carboxylic acids is 1. The van der Waals surface area contributed by atoms with Crippen molar-refractivity contribution < 1.29 is 19.6 Å². The maximum absolute atomic E-state index is 11.2. The van der Waals surface area contributed by atoms with Gasteiger partial charge in [-0.2, -0.15) is 0 Å². The third-order valence-corrected chi connectivity index (χ3v) is 2.54. The van der Waals surface area contributed by atoms with Gasteiger partial charge >= 0.3 is 5.97 Å². The minimum absolute atomic E-state index is 0.0618. The van der Waals surface area contributed by atoms with Crippen LogP contribution >= 0.6 is 0 Å². The van der Waals surface area contributed by atoms with E-state index in [1.54, 1.807) is 6.92 Å². The fourth-order valence-corrected chi connectivity index (χ4v) is 1.49. The van der Waals surface area contributed by atoms with E-state index in [2.05, 4.69) is 5.32 Å². The number of carboxylic acids is 1. The number of amides is 1. The van der Waals surface area contributed by atoms with E-state index < -0.39 is 16.9 Å². The van der Waals surface area contributed by atoms with Gasteiger partial charge in [0.15, 0.2) is 0 Å². The molecule has 0 heterocycles. The van der Waals surface area contributed by atoms with Crippen LogP contribution < -0.4 is 5.32 Å². The van der Waals surface area contributed by atoms with Gasteiger partial charge in [-0.3, -0.25) is 14.9 Å². The second kappa shape index (κ2) is 6.48. The maximum atomic E-state index is 11.2. The fraction of sp³-hybridized carbons (Fsp3) is 0.333. The summed E-state index contributed by atoms with van der Waals surface area (Å²) in [5.41, 5.74) is 0.544. The highest BCUT2D eigenvalue weighted by Gasteiger charge is 2.19. The quantitative estimate of drug-likeness (QED) is 0.592. The zero-order valence-corrected chi connectivity index (χ0v) is 10.3. The number of nitrogens with one attached hydrogen (secondary N) is 1. The van der Waals surface area contributed by atoms with Crippen LogP contribution in [-0.2, 0) is 16.0 Å². The molecule has 1 aromatic carbocycles. The van der Waals surface area contributed by atoms with Crippen molar-refractivity contribution in [2.75, 3.05) is 0 Å². The molecule has 0 bridgehead atoms. The Balaban J connectivity index is 2.76. The second-order valence-corrected chi connectivity index (χ2v) is 3.94. The first-order valence-electron chi connectivity index (χ1n) is 5.69. The van der Waals surface area contributed by atoms with E-state index in [0.717, 1.165) is 0 Å². The predicted octanol–water partition coefficient (Wildman–Crippen LogP) is 1.12. The molecule has 0 aromatic heterocycles. The molecule has 0 aliphatic rings. The average molecular weight is 266 g/mol. The molecule has 1 rings (SSSR count). The number of nitrogens with zero attached hydrogens (tertiary/aromatic N) is 1. The minimum atomic E-state index is -1.14. The highest BCUT2D eigenvalue weighted by Crippen LogP contribution is 2.13. The fourth-order valence-electron chi connectivity index (χ4n) is 1.49. The van der Waals surface area contributed by atoms with Gasteiger partial charge in [-0.1, -0.05) is 19.1 Å². The third-order valence-electron chi connectivity index (χ3n) is 2.54. The van der Waals surface area contributed by atoms with Gasteiger partial charge in [0.2, 0.25) is 5.91 Å². The summed E-state index contributed by atoms with van der Waals surface area (Å²) in [6, 6.07) is 4.53. The van der Waals surface area contributed by atoms with Gasteiger partial charge in [-0.05, 0) is 5.56 Å². The third kappa shape index (κ3) is 4.38. The van der Waals surface area contributed by atoms with Crippen molar-refractivity contribution in [3.05, 3.63) is 39.9 Å². The highest BCUT2D eigenvalue weighted by molar-refractivity contribution is 5.83. The van der Waals surface area contributed by atoms with Crippen molar-refractivity contribution in [3.63, 3.8) is 0 Å². The molecule has 7 heteroatoms. The van der Waals surface area contributed by atoms with Gasteiger partial charge in [0, 0.05) is 25.0 Å². The Kier molecular flexibility index (Phi) is 4.99. The van der Waals surface area contributed by atoms with E-state index in [1.165, 1.54) is 24.3 Å². The van der Waals surface area contributed by atoms with Crippen molar-refractivity contribution in [1.82, 2.24) is 5.32 Å². The molecular weight excluding hydrogens is 252 g/mol. The standard InChI is InChI=1S/C12H14N2O5/c1-2-11(15)13-10(12(16)17)7-8-3-5-9(6-4-8)14(18)19/h3-6,10H,2,7H2,1H3,(H,13,15)(H,16,17). The summed E-state index contributed by atoms with van der Waals surface area (Å²) in [6.07, 6.45) is 0.281. The lowest BCUT2D eigenvalue weighted by Gasteiger charge is -2.13. The van der Waals surface area contributed by atoms with Gasteiger partial charge in [0.05, 0.1) is 4.92 Å². The smallest absolute Gasteiger partial charge is 0.326 e. The van der Waals surface area contributed by atoms with Crippen molar-refractivity contribution in [2.24, 2.45) is 0 Å². The lowest BCUT2D eigenvalue weighted by atomic mass is 10.1. The van der Waals surface area contributed by atoms with Crippen LogP contribution in [0.5, 0.6) is 0 Å². The Morgan fingerprint density at radius 3 is 2.37 bits per heavy atom. The van der Waals surface area contributed by atoms with Gasteiger partial charge in [0.1, 0.15) is 6.04 Å². The lowest BCUT2D eigenvalue weighted by Crippen LogP contribution is -2.42. The maximum Gasteiger partial charge on any atom is 0.326 e. The molecule has 1 atom stereocenters. The van der Waals surface area contributed by atoms with Crippen molar-refractivity contribution in [3.8, 4) is 0 Å². The van der Waals surface area contributed by atoms with Crippen LogP contribution in [0.1, 0.15) is 18.9 Å². The first kappa shape index (κ1) is 14.6. The predicted molar refractivity (Wildman–Crippen MR) is 66.7 cm³/mol. The van der Waals surface area contributed by atoms with Crippen molar-refractivity contribution >= 4 is 17.6 Å². The number of carbonyl (C=O) groups is 2. The molecule has 1 aromatic rings. The minimum Gasteiger partial charge on any atom is -0.480 e. The SMILES string of the molecule is CCC(=O)NC(Cc1ccc([N+](=O)[O-])cc1)C(=O)O. The molecule has 0 radical (unpaired) electrons. The van der Waals surface area contributed by atoms with E-state index in [4.69, 9.17) is 5.11 Å². The van der Waals surface area contributed by atoms with E-state index in [1.807, 2.05) is 0 Å². The molecule has 0 saturated heterocycles. The van der Waals surface area contributed by atoms with E-state index in [0.29, 0.717) is 5.56 Å². The first-order valence-corrected chi connectivity index (χ1v) is 5.69. The van der Waals surface area contributed by atoms with Crippen LogP contribution in [0.15, 0.2) is 24.3 Å². The molecular formula is C12H14N2O5. The lowest BCUT2D eigenvalue weighted by molar-refractivity contribution is -0.384. The zero-order chi connectivity index (χ0) is 14.4. The Hall–Kier alpha value is -2.44. The van der Waals surface area contributed by atoms with Gasteiger partial charge in [-0.25, -0.2) is 4.79 Å². The van der Waals surface area contributed by atoms with Crippen LogP contribution in [0.25, 0.3) is 0 Å². The number of non-ortho nitro benzene ring substituents is 1. The molecule has 19 heavy (non-hydrogen) atoms. The summed E-state index contributed by atoms with van der Waals surface area (Å²) in [5, 5.41) is 21.9.